The summed E-state index contributed by atoms with van der Waals surface area (Å²) >= 11 is 0. The van der Waals surface area contributed by atoms with Crippen LogP contribution in [0.3, 0.4) is 0 Å². The van der Waals surface area contributed by atoms with Gasteiger partial charge in [-0.05, 0) is 37.1 Å². The van der Waals surface area contributed by atoms with E-state index in [0.717, 1.165) is 6.42 Å². The van der Waals surface area contributed by atoms with Crippen molar-refractivity contribution in [2.24, 2.45) is 0 Å². The summed E-state index contributed by atoms with van der Waals surface area (Å²) in [5.41, 5.74) is 5.93. The average molecular weight is 373 g/mol. The van der Waals surface area contributed by atoms with Gasteiger partial charge in [-0.25, -0.2) is 9.18 Å². The lowest BCUT2D eigenvalue weighted by molar-refractivity contribution is -0.124. The molecule has 2 aliphatic rings. The molecule has 3 rings (SSSR count). The molecule has 0 aromatic heterocycles. The van der Waals surface area contributed by atoms with E-state index in [9.17, 15) is 14.0 Å². The number of ether oxygens (including phenoxy) is 1. The molecular formula is C16H22ClFN4O3. The van der Waals surface area contributed by atoms with Crippen molar-refractivity contribution in [2.45, 2.75) is 18.9 Å². The molecule has 0 aliphatic carbocycles. The minimum Gasteiger partial charge on any atom is -0.378 e. The Labute approximate surface area is 151 Å². The number of rotatable bonds is 3. The predicted octanol–water partition coefficient (Wildman–Crippen LogP) is 1.61. The summed E-state index contributed by atoms with van der Waals surface area (Å²) in [5.74, 6) is -0.608. The third kappa shape index (κ3) is 4.73. The first kappa shape index (κ1) is 19.3. The van der Waals surface area contributed by atoms with Crippen LogP contribution in [0.25, 0.3) is 0 Å². The third-order valence-electron chi connectivity index (χ3n) is 4.26. The second-order valence-electron chi connectivity index (χ2n) is 5.85. The van der Waals surface area contributed by atoms with E-state index in [4.69, 9.17) is 4.74 Å². The fourth-order valence-corrected chi connectivity index (χ4v) is 2.95. The van der Waals surface area contributed by atoms with Crippen LogP contribution in [0.1, 0.15) is 12.8 Å². The molecule has 2 saturated heterocycles. The average Bonchev–Trinajstić information content (AvgIpc) is 3.11. The van der Waals surface area contributed by atoms with Crippen molar-refractivity contribution in [1.82, 2.24) is 15.2 Å². The number of urea groups is 1. The van der Waals surface area contributed by atoms with Gasteiger partial charge in [0, 0.05) is 19.6 Å². The normalized spacial score (nSPS) is 20.0. The first-order chi connectivity index (χ1) is 11.6. The second kappa shape index (κ2) is 8.87. The number of likely N-dealkylation sites (tertiary alicyclic amines) is 1. The largest absolute Gasteiger partial charge is 0.378 e. The number of hydrogen-bond donors (Lipinski definition) is 2. The first-order valence-corrected chi connectivity index (χ1v) is 8.10. The molecule has 25 heavy (non-hydrogen) atoms. The van der Waals surface area contributed by atoms with E-state index in [1.807, 2.05) is 0 Å². The fourth-order valence-electron chi connectivity index (χ4n) is 2.95. The first-order valence-electron chi connectivity index (χ1n) is 8.10. The van der Waals surface area contributed by atoms with Gasteiger partial charge in [0.1, 0.15) is 11.9 Å². The van der Waals surface area contributed by atoms with E-state index in [0.29, 0.717) is 45.0 Å². The van der Waals surface area contributed by atoms with Gasteiger partial charge >= 0.3 is 6.03 Å². The summed E-state index contributed by atoms with van der Waals surface area (Å²) in [6, 6.07) is 5.06. The molecule has 138 valence electrons. The quantitative estimate of drug-likeness (QED) is 0.790. The summed E-state index contributed by atoms with van der Waals surface area (Å²) in [6.07, 6.45) is 1.43. The van der Waals surface area contributed by atoms with Crippen molar-refractivity contribution in [3.63, 3.8) is 0 Å². The molecule has 1 unspecified atom stereocenters. The van der Waals surface area contributed by atoms with E-state index in [-0.39, 0.29) is 30.2 Å². The van der Waals surface area contributed by atoms with Crippen LogP contribution in [0.2, 0.25) is 0 Å². The highest BCUT2D eigenvalue weighted by Gasteiger charge is 2.36. The minimum atomic E-state index is -0.492. The molecule has 1 aromatic carbocycles. The second-order valence-corrected chi connectivity index (χ2v) is 5.85. The summed E-state index contributed by atoms with van der Waals surface area (Å²) in [7, 11) is 0. The molecule has 0 radical (unpaired) electrons. The number of carbonyl (C=O) groups excluding carboxylic acids is 2. The van der Waals surface area contributed by atoms with Crippen molar-refractivity contribution in [1.29, 1.82) is 0 Å². The summed E-state index contributed by atoms with van der Waals surface area (Å²) < 4.78 is 18.1. The van der Waals surface area contributed by atoms with Gasteiger partial charge in [-0.3, -0.25) is 15.6 Å². The zero-order chi connectivity index (χ0) is 16.9. The molecule has 0 bridgehead atoms. The monoisotopic (exact) mass is 372 g/mol. The summed E-state index contributed by atoms with van der Waals surface area (Å²) in [4.78, 5) is 28.3. The molecule has 1 atom stereocenters. The summed E-state index contributed by atoms with van der Waals surface area (Å²) in [6.45, 7) is 2.74. The van der Waals surface area contributed by atoms with Crippen LogP contribution < -0.4 is 10.9 Å². The van der Waals surface area contributed by atoms with Crippen molar-refractivity contribution in [2.75, 3.05) is 38.3 Å². The smallest absolute Gasteiger partial charge is 0.320 e. The Morgan fingerprint density at radius 2 is 1.80 bits per heavy atom. The van der Waals surface area contributed by atoms with Gasteiger partial charge in [0.2, 0.25) is 0 Å². The number of morpholine rings is 1. The van der Waals surface area contributed by atoms with Gasteiger partial charge in [-0.2, -0.15) is 0 Å². The number of nitrogens with zero attached hydrogens (tertiary/aromatic N) is 2. The van der Waals surface area contributed by atoms with Crippen molar-refractivity contribution in [3.05, 3.63) is 30.1 Å². The van der Waals surface area contributed by atoms with E-state index in [1.165, 1.54) is 24.3 Å². The maximum atomic E-state index is 12.9. The maximum Gasteiger partial charge on any atom is 0.320 e. The van der Waals surface area contributed by atoms with Crippen LogP contribution in [0, 0.1) is 5.82 Å². The van der Waals surface area contributed by atoms with E-state index in [1.54, 1.807) is 9.80 Å². The number of nitrogens with one attached hydrogen (secondary N) is 2. The third-order valence-corrected chi connectivity index (χ3v) is 4.26. The molecule has 9 heteroatoms. The molecule has 1 aromatic rings. The Morgan fingerprint density at radius 1 is 1.12 bits per heavy atom. The molecule has 0 saturated carbocycles. The van der Waals surface area contributed by atoms with Gasteiger partial charge in [-0.1, -0.05) is 0 Å². The van der Waals surface area contributed by atoms with Crippen LogP contribution >= 0.6 is 12.4 Å². The fraction of sp³-hybridized carbons (Fsp3) is 0.500. The topological polar surface area (TPSA) is 73.9 Å². The van der Waals surface area contributed by atoms with Crippen LogP contribution in [0.4, 0.5) is 14.9 Å². The van der Waals surface area contributed by atoms with Gasteiger partial charge in [0.25, 0.3) is 5.91 Å². The molecular weight excluding hydrogens is 351 g/mol. The minimum absolute atomic E-state index is 0. The number of carbonyl (C=O) groups is 2. The van der Waals surface area contributed by atoms with Crippen LogP contribution in [0.5, 0.6) is 0 Å². The number of anilines is 1. The predicted molar refractivity (Wildman–Crippen MR) is 92.9 cm³/mol. The number of hydrogen-bond acceptors (Lipinski definition) is 4. The lowest BCUT2D eigenvalue weighted by Crippen LogP contribution is -2.53. The van der Waals surface area contributed by atoms with Crippen LogP contribution in [-0.4, -0.2) is 60.6 Å². The lowest BCUT2D eigenvalue weighted by Gasteiger charge is -2.33. The van der Waals surface area contributed by atoms with E-state index < -0.39 is 6.04 Å². The van der Waals surface area contributed by atoms with Gasteiger partial charge < -0.3 is 14.5 Å². The number of hydrazine groups is 1. The highest BCUT2D eigenvalue weighted by Crippen LogP contribution is 2.20. The SMILES string of the molecule is Cl.O=C(NNc1ccc(F)cc1)C1CCCN1C(=O)N1CCOCC1. The van der Waals surface area contributed by atoms with Gasteiger partial charge in [-0.15, -0.1) is 12.4 Å². The molecule has 3 amide bonds. The van der Waals surface area contributed by atoms with Crippen molar-refractivity contribution >= 4 is 30.0 Å². The Balaban J connectivity index is 0.00000225. The standard InChI is InChI=1S/C16H21FN4O3.ClH/c17-12-3-5-13(6-4-12)18-19-15(22)14-2-1-7-21(14)16(23)20-8-10-24-11-9-20;/h3-6,14,18H,1-2,7-11H2,(H,19,22);1H. The lowest BCUT2D eigenvalue weighted by atomic mass is 10.2. The maximum absolute atomic E-state index is 12.9. The molecule has 2 N–H and O–H groups in total. The zero-order valence-corrected chi connectivity index (χ0v) is 14.6. The molecule has 2 fully saturated rings. The highest BCUT2D eigenvalue weighted by atomic mass is 35.5. The highest BCUT2D eigenvalue weighted by molar-refractivity contribution is 5.88. The number of amides is 3. The van der Waals surface area contributed by atoms with Crippen LogP contribution in [0.15, 0.2) is 24.3 Å². The Hall–Kier alpha value is -2.06. The van der Waals surface area contributed by atoms with Gasteiger partial charge in [0.15, 0.2) is 0 Å². The van der Waals surface area contributed by atoms with Crippen molar-refractivity contribution < 1.29 is 18.7 Å². The van der Waals surface area contributed by atoms with E-state index in [2.05, 4.69) is 10.9 Å². The molecule has 2 aliphatic heterocycles. The number of benzene rings is 1. The molecule has 7 nitrogen and oxygen atoms in total. The van der Waals surface area contributed by atoms with E-state index >= 15 is 0 Å². The summed E-state index contributed by atoms with van der Waals surface area (Å²) in [5, 5.41) is 0. The molecule has 2 heterocycles. The van der Waals surface area contributed by atoms with Crippen molar-refractivity contribution in [3.8, 4) is 0 Å². The van der Waals surface area contributed by atoms with Crippen LogP contribution in [-0.2, 0) is 9.53 Å². The Morgan fingerprint density at radius 3 is 2.48 bits per heavy atom. The Bertz CT molecular complexity index is 596. The Kier molecular flexibility index (Phi) is 6.83. The molecule has 0 spiro atoms. The zero-order valence-electron chi connectivity index (χ0n) is 13.7. The number of halogens is 2. The van der Waals surface area contributed by atoms with Gasteiger partial charge in [0.05, 0.1) is 18.9 Å².